The normalized spacial score (nSPS) is 27.0. The topological polar surface area (TPSA) is 73.9 Å². The molecule has 162 valence electrons. The number of fused-ring (bicyclic) bond motifs is 2. The van der Waals surface area contributed by atoms with E-state index in [0.717, 1.165) is 11.3 Å². The van der Waals surface area contributed by atoms with Crippen molar-refractivity contribution in [2.45, 2.75) is 31.1 Å². The first-order valence-corrected chi connectivity index (χ1v) is 10.4. The minimum atomic E-state index is -1.04. The van der Waals surface area contributed by atoms with Gasteiger partial charge < -0.3 is 19.5 Å². The van der Waals surface area contributed by atoms with Gasteiger partial charge in [0.05, 0.1) is 26.4 Å². The molecule has 0 aliphatic carbocycles. The van der Waals surface area contributed by atoms with Crippen LogP contribution in [0.25, 0.3) is 0 Å². The molecule has 1 saturated heterocycles. The second-order valence-corrected chi connectivity index (χ2v) is 8.10. The molecule has 31 heavy (non-hydrogen) atoms. The molecule has 2 aromatic rings. The molecule has 6 nitrogen and oxygen atoms in total. The molecule has 1 fully saturated rings. The molecule has 2 aliphatic heterocycles. The van der Waals surface area contributed by atoms with E-state index in [-0.39, 0.29) is 6.04 Å². The van der Waals surface area contributed by atoms with Crippen molar-refractivity contribution in [3.8, 4) is 0 Å². The van der Waals surface area contributed by atoms with Crippen LogP contribution in [0.3, 0.4) is 0 Å². The molecule has 0 unspecified atom stereocenters. The molecule has 1 N–H and O–H groups in total. The molecule has 6 heteroatoms. The van der Waals surface area contributed by atoms with Crippen LogP contribution in [0.2, 0.25) is 0 Å². The van der Waals surface area contributed by atoms with Gasteiger partial charge in [-0.05, 0) is 31.0 Å². The highest BCUT2D eigenvalue weighted by Gasteiger charge is 2.65. The first-order valence-electron chi connectivity index (χ1n) is 10.4. The fourth-order valence-corrected chi connectivity index (χ4v) is 4.70. The van der Waals surface area contributed by atoms with Crippen molar-refractivity contribution >= 4 is 17.6 Å². The molecule has 2 bridgehead atoms. The number of ether oxygens (including phenoxy) is 3. The van der Waals surface area contributed by atoms with Crippen molar-refractivity contribution in [2.24, 2.45) is 11.8 Å². The summed E-state index contributed by atoms with van der Waals surface area (Å²) < 4.78 is 16.5. The minimum absolute atomic E-state index is 0.322. The number of hydrogen-bond acceptors (Lipinski definition) is 6. The van der Waals surface area contributed by atoms with Crippen molar-refractivity contribution in [1.82, 2.24) is 0 Å². The number of aryl methyl sites for hydroxylation is 1. The van der Waals surface area contributed by atoms with Gasteiger partial charge >= 0.3 is 11.9 Å². The molecule has 2 aliphatic rings. The Hall–Kier alpha value is -3.12. The summed E-state index contributed by atoms with van der Waals surface area (Å²) in [5.41, 5.74) is 2.13. The van der Waals surface area contributed by atoms with Gasteiger partial charge in [0.1, 0.15) is 17.4 Å². The van der Waals surface area contributed by atoms with Gasteiger partial charge in [0.25, 0.3) is 0 Å². The van der Waals surface area contributed by atoms with Gasteiger partial charge in [-0.2, -0.15) is 0 Å². The van der Waals surface area contributed by atoms with Gasteiger partial charge in [0, 0.05) is 5.69 Å². The lowest BCUT2D eigenvalue weighted by Crippen LogP contribution is -2.55. The average molecular weight is 421 g/mol. The number of esters is 2. The van der Waals surface area contributed by atoms with E-state index < -0.39 is 35.5 Å². The zero-order valence-electron chi connectivity index (χ0n) is 17.9. The Bertz CT molecular complexity index is 971. The highest BCUT2D eigenvalue weighted by molar-refractivity contribution is 5.86. The summed E-state index contributed by atoms with van der Waals surface area (Å²) >= 11 is 0. The van der Waals surface area contributed by atoms with Crippen molar-refractivity contribution in [2.75, 3.05) is 19.5 Å². The van der Waals surface area contributed by atoms with Crippen molar-refractivity contribution in [3.05, 3.63) is 77.9 Å². The van der Waals surface area contributed by atoms with Gasteiger partial charge in [-0.25, -0.2) is 0 Å². The van der Waals surface area contributed by atoms with E-state index in [1.165, 1.54) is 19.8 Å². The van der Waals surface area contributed by atoms with E-state index in [1.807, 2.05) is 49.4 Å². The summed E-state index contributed by atoms with van der Waals surface area (Å²) in [6.07, 6.45) is 3.83. The number of carbonyl (C=O) groups is 2. The van der Waals surface area contributed by atoms with Crippen LogP contribution in [0.5, 0.6) is 0 Å². The summed E-state index contributed by atoms with van der Waals surface area (Å²) in [6.45, 7) is 2.04. The van der Waals surface area contributed by atoms with E-state index in [2.05, 4.69) is 29.6 Å². The summed E-state index contributed by atoms with van der Waals surface area (Å²) in [5.74, 6) is -2.52. The average Bonchev–Trinajstić information content (AvgIpc) is 3.38. The van der Waals surface area contributed by atoms with Crippen LogP contribution >= 0.6 is 0 Å². The fraction of sp³-hybridized carbons (Fsp3) is 0.360. The Kier molecular flexibility index (Phi) is 5.83. The number of nitrogens with one attached hydrogen (secondary N) is 1. The Morgan fingerprint density at radius 1 is 1.03 bits per heavy atom. The lowest BCUT2D eigenvalue weighted by molar-refractivity contribution is -0.158. The van der Waals surface area contributed by atoms with Crippen LogP contribution in [-0.2, 0) is 30.2 Å². The second kappa shape index (κ2) is 8.55. The summed E-state index contributed by atoms with van der Waals surface area (Å²) in [6, 6.07) is 17.7. The predicted molar refractivity (Wildman–Crippen MR) is 116 cm³/mol. The van der Waals surface area contributed by atoms with E-state index in [4.69, 9.17) is 14.2 Å². The number of hydrogen-bond donors (Lipinski definition) is 1. The Balaban J connectivity index is 1.76. The highest BCUT2D eigenvalue weighted by Crippen LogP contribution is 2.51. The molecular weight excluding hydrogens is 394 g/mol. The fourth-order valence-electron chi connectivity index (χ4n) is 4.70. The largest absolute Gasteiger partial charge is 0.469 e. The Morgan fingerprint density at radius 3 is 2.35 bits per heavy atom. The van der Waals surface area contributed by atoms with Crippen molar-refractivity contribution in [3.63, 3.8) is 0 Å². The van der Waals surface area contributed by atoms with Crippen LogP contribution in [0, 0.1) is 18.8 Å². The van der Waals surface area contributed by atoms with Crippen molar-refractivity contribution in [1.29, 1.82) is 0 Å². The Morgan fingerprint density at radius 2 is 1.71 bits per heavy atom. The molecule has 4 rings (SSSR count). The molecule has 2 aromatic carbocycles. The van der Waals surface area contributed by atoms with Crippen LogP contribution in [0.1, 0.15) is 11.1 Å². The smallest absolute Gasteiger partial charge is 0.313 e. The summed E-state index contributed by atoms with van der Waals surface area (Å²) in [5, 5.41) is 3.55. The number of benzene rings is 2. The van der Waals surface area contributed by atoms with Gasteiger partial charge in [-0.1, -0.05) is 60.2 Å². The van der Waals surface area contributed by atoms with Crippen LogP contribution in [-0.4, -0.2) is 43.9 Å². The third-order valence-electron chi connectivity index (χ3n) is 6.23. The zero-order valence-corrected chi connectivity index (χ0v) is 17.9. The summed E-state index contributed by atoms with van der Waals surface area (Å²) in [7, 11) is 2.66. The third-order valence-corrected chi connectivity index (χ3v) is 6.23. The first-order chi connectivity index (χ1) is 15.0. The number of methoxy groups -OCH3 is 2. The molecule has 2 heterocycles. The maximum atomic E-state index is 12.9. The minimum Gasteiger partial charge on any atom is -0.469 e. The van der Waals surface area contributed by atoms with Gasteiger partial charge in [-0.3, -0.25) is 9.59 Å². The number of para-hydroxylation sites is 1. The third kappa shape index (κ3) is 3.83. The molecule has 0 radical (unpaired) electrons. The van der Waals surface area contributed by atoms with Crippen LogP contribution < -0.4 is 5.32 Å². The molecule has 0 spiro atoms. The van der Waals surface area contributed by atoms with Gasteiger partial charge in [-0.15, -0.1) is 0 Å². The molecule has 0 aromatic heterocycles. The predicted octanol–water partition coefficient (Wildman–Crippen LogP) is 3.30. The number of anilines is 1. The van der Waals surface area contributed by atoms with Gasteiger partial charge in [0.2, 0.25) is 0 Å². The number of carbonyl (C=O) groups excluding carboxylic acids is 2. The van der Waals surface area contributed by atoms with Crippen LogP contribution in [0.15, 0.2) is 66.7 Å². The first kappa shape index (κ1) is 21.1. The Labute approximate surface area is 182 Å². The second-order valence-electron chi connectivity index (χ2n) is 8.10. The number of rotatable bonds is 7. The van der Waals surface area contributed by atoms with E-state index >= 15 is 0 Å². The summed E-state index contributed by atoms with van der Waals surface area (Å²) in [4.78, 5) is 25.5. The van der Waals surface area contributed by atoms with Crippen molar-refractivity contribution < 1.29 is 23.8 Å². The SMILES string of the molecule is COC(=O)[C@H]1[C@H]2C=C[C@]([C@H](Cc3ccc(C)cc3)Nc3ccccc3)(O2)[C@H]1C(=O)OC. The quantitative estimate of drug-likeness (QED) is 0.546. The molecule has 5 atom stereocenters. The van der Waals surface area contributed by atoms with E-state index in [1.54, 1.807) is 0 Å². The lowest BCUT2D eigenvalue weighted by atomic mass is 9.70. The van der Waals surface area contributed by atoms with Gasteiger partial charge in [0.15, 0.2) is 0 Å². The standard InChI is InChI=1S/C25H27NO5/c1-16-9-11-17(12-10-16)15-20(26-18-7-5-4-6-8-18)25-14-13-19(31-25)21(23(27)29-2)22(25)24(28)30-3/h4-14,19-22,26H,15H2,1-3H3/t19-,20+,21+,22-,25-/m1/s1. The monoisotopic (exact) mass is 421 g/mol. The molecule has 0 amide bonds. The molecule has 0 saturated carbocycles. The van der Waals surface area contributed by atoms with Crippen LogP contribution in [0.4, 0.5) is 5.69 Å². The van der Waals surface area contributed by atoms with E-state index in [0.29, 0.717) is 6.42 Å². The zero-order chi connectivity index (χ0) is 22.0. The molecular formula is C25H27NO5. The maximum absolute atomic E-state index is 12.9. The highest BCUT2D eigenvalue weighted by atomic mass is 16.6. The lowest BCUT2D eigenvalue weighted by Gasteiger charge is -2.39. The van der Waals surface area contributed by atoms with E-state index in [9.17, 15) is 9.59 Å². The maximum Gasteiger partial charge on any atom is 0.313 e.